The first kappa shape index (κ1) is 14.6. The second kappa shape index (κ2) is 6.62. The summed E-state index contributed by atoms with van der Waals surface area (Å²) in [6.07, 6.45) is 3.58. The van der Waals surface area contributed by atoms with Crippen LogP contribution in [0.25, 0.3) is 10.8 Å². The van der Waals surface area contributed by atoms with Gasteiger partial charge in [-0.1, -0.05) is 36.4 Å². The van der Waals surface area contributed by atoms with E-state index in [9.17, 15) is 4.79 Å². The molecule has 0 bridgehead atoms. The Hall–Kier alpha value is -2.34. The van der Waals surface area contributed by atoms with Gasteiger partial charge < -0.3 is 10.6 Å². The highest BCUT2D eigenvalue weighted by atomic mass is 79.9. The second-order valence-corrected chi connectivity index (χ2v) is 5.74. The minimum atomic E-state index is -0.220. The van der Waals surface area contributed by atoms with Gasteiger partial charge >= 0.3 is 6.03 Å². The van der Waals surface area contributed by atoms with Gasteiger partial charge in [0.2, 0.25) is 0 Å². The number of fused-ring (bicyclic) bond motifs is 1. The van der Waals surface area contributed by atoms with Crippen LogP contribution in [0.5, 0.6) is 0 Å². The number of hydrogen-bond donors (Lipinski definition) is 2. The zero-order chi connectivity index (χ0) is 15.4. The summed E-state index contributed by atoms with van der Waals surface area (Å²) >= 11 is 3.34. The Morgan fingerprint density at radius 2 is 2.00 bits per heavy atom. The monoisotopic (exact) mass is 358 g/mol. The molecule has 6 heteroatoms. The molecule has 22 heavy (non-hydrogen) atoms. The molecule has 0 atom stereocenters. The largest absolute Gasteiger partial charge is 0.336 e. The molecule has 112 valence electrons. The van der Waals surface area contributed by atoms with Gasteiger partial charge in [0.1, 0.15) is 0 Å². The Morgan fingerprint density at radius 1 is 1.18 bits per heavy atom. The summed E-state index contributed by atoms with van der Waals surface area (Å²) in [5.74, 6) is 0. The molecule has 2 amide bonds. The smallest absolute Gasteiger partial charge is 0.319 e. The summed E-state index contributed by atoms with van der Waals surface area (Å²) < 4.78 is 2.69. The summed E-state index contributed by atoms with van der Waals surface area (Å²) in [5, 5.41) is 12.0. The van der Waals surface area contributed by atoms with Gasteiger partial charge in [-0.3, -0.25) is 4.68 Å². The van der Waals surface area contributed by atoms with E-state index in [1.54, 1.807) is 10.9 Å². The normalized spacial score (nSPS) is 10.6. The Balaban J connectivity index is 1.59. The van der Waals surface area contributed by atoms with E-state index in [1.807, 2.05) is 48.7 Å². The molecule has 1 heterocycles. The van der Waals surface area contributed by atoms with Crippen molar-refractivity contribution in [1.82, 2.24) is 15.1 Å². The first-order valence-corrected chi connectivity index (χ1v) is 7.72. The van der Waals surface area contributed by atoms with E-state index >= 15 is 0 Å². The van der Waals surface area contributed by atoms with E-state index in [0.717, 1.165) is 20.9 Å². The summed E-state index contributed by atoms with van der Waals surface area (Å²) in [6, 6.07) is 13.6. The Labute approximate surface area is 136 Å². The average Bonchev–Trinajstić information content (AvgIpc) is 2.93. The fourth-order valence-electron chi connectivity index (χ4n) is 2.25. The molecule has 0 fully saturated rings. The molecule has 0 radical (unpaired) electrons. The number of benzene rings is 2. The Kier molecular flexibility index (Phi) is 4.39. The number of anilines is 1. The van der Waals surface area contributed by atoms with Crippen molar-refractivity contribution in [3.8, 4) is 0 Å². The lowest BCUT2D eigenvalue weighted by Gasteiger charge is -2.10. The quantitative estimate of drug-likeness (QED) is 0.748. The van der Waals surface area contributed by atoms with Gasteiger partial charge in [0.15, 0.2) is 0 Å². The number of nitrogens with zero attached hydrogens (tertiary/aromatic N) is 2. The maximum Gasteiger partial charge on any atom is 0.319 e. The predicted molar refractivity (Wildman–Crippen MR) is 90.9 cm³/mol. The third-order valence-corrected chi connectivity index (χ3v) is 3.68. The van der Waals surface area contributed by atoms with Crippen molar-refractivity contribution in [3.63, 3.8) is 0 Å². The topological polar surface area (TPSA) is 59.0 Å². The number of aromatic nitrogens is 2. The highest BCUT2D eigenvalue weighted by molar-refractivity contribution is 9.10. The van der Waals surface area contributed by atoms with Crippen molar-refractivity contribution >= 4 is 38.4 Å². The number of carbonyl (C=O) groups excluding carboxylic acids is 1. The number of amides is 2. The van der Waals surface area contributed by atoms with E-state index in [0.29, 0.717) is 13.1 Å². The molecular weight excluding hydrogens is 344 g/mol. The molecule has 0 spiro atoms. The van der Waals surface area contributed by atoms with Crippen molar-refractivity contribution in [3.05, 3.63) is 59.3 Å². The predicted octanol–water partition coefficient (Wildman–Crippen LogP) is 3.62. The van der Waals surface area contributed by atoms with E-state index < -0.39 is 0 Å². The fraction of sp³-hybridized carbons (Fsp3) is 0.125. The van der Waals surface area contributed by atoms with E-state index in [4.69, 9.17) is 0 Å². The van der Waals surface area contributed by atoms with Crippen molar-refractivity contribution in [1.29, 1.82) is 0 Å². The Bertz CT molecular complexity index is 794. The molecule has 3 aromatic rings. The summed E-state index contributed by atoms with van der Waals surface area (Å²) in [5.41, 5.74) is 0.803. The molecule has 0 aliphatic heterocycles. The zero-order valence-electron chi connectivity index (χ0n) is 11.8. The van der Waals surface area contributed by atoms with Crippen molar-refractivity contribution < 1.29 is 4.79 Å². The summed E-state index contributed by atoms with van der Waals surface area (Å²) in [4.78, 5) is 12.0. The maximum atomic E-state index is 12.0. The van der Waals surface area contributed by atoms with Crippen LogP contribution in [0.2, 0.25) is 0 Å². The summed E-state index contributed by atoms with van der Waals surface area (Å²) in [6.45, 7) is 1.12. The number of halogens is 1. The fourth-order valence-corrected chi connectivity index (χ4v) is 2.57. The molecule has 2 N–H and O–H groups in total. The first-order chi connectivity index (χ1) is 10.7. The van der Waals surface area contributed by atoms with Crippen LogP contribution in [0, 0.1) is 0 Å². The van der Waals surface area contributed by atoms with E-state index in [-0.39, 0.29) is 6.03 Å². The van der Waals surface area contributed by atoms with Gasteiger partial charge in [0.05, 0.1) is 22.9 Å². The average molecular weight is 359 g/mol. The van der Waals surface area contributed by atoms with Gasteiger partial charge in [-0.05, 0) is 27.4 Å². The minimum absolute atomic E-state index is 0.220. The van der Waals surface area contributed by atoms with Crippen molar-refractivity contribution in [2.24, 2.45) is 0 Å². The molecule has 0 saturated heterocycles. The molecule has 1 aromatic heterocycles. The Morgan fingerprint density at radius 3 is 2.82 bits per heavy atom. The number of rotatable bonds is 4. The van der Waals surface area contributed by atoms with Crippen LogP contribution >= 0.6 is 15.9 Å². The van der Waals surface area contributed by atoms with Gasteiger partial charge in [-0.15, -0.1) is 0 Å². The number of nitrogens with one attached hydrogen (secondary N) is 2. The molecule has 0 unspecified atom stereocenters. The zero-order valence-corrected chi connectivity index (χ0v) is 13.4. The van der Waals surface area contributed by atoms with Crippen LogP contribution in [0.1, 0.15) is 0 Å². The second-order valence-electron chi connectivity index (χ2n) is 4.83. The number of carbonyl (C=O) groups is 1. The lowest BCUT2D eigenvalue weighted by molar-refractivity contribution is 0.251. The lowest BCUT2D eigenvalue weighted by atomic mass is 10.1. The highest BCUT2D eigenvalue weighted by Crippen LogP contribution is 2.22. The van der Waals surface area contributed by atoms with Gasteiger partial charge in [0.25, 0.3) is 0 Å². The van der Waals surface area contributed by atoms with Crippen LogP contribution in [-0.4, -0.2) is 22.4 Å². The third kappa shape index (κ3) is 3.46. The standard InChI is InChI=1S/C16H15BrN4O/c17-13-10-19-21(11-13)9-8-18-16(22)20-15-7-3-5-12-4-1-2-6-14(12)15/h1-7,10-11H,8-9H2,(H2,18,20,22). The molecule has 0 aliphatic rings. The molecular formula is C16H15BrN4O. The third-order valence-electron chi connectivity index (χ3n) is 3.27. The van der Waals surface area contributed by atoms with Crippen molar-refractivity contribution in [2.45, 2.75) is 6.54 Å². The van der Waals surface area contributed by atoms with Crippen LogP contribution in [0.15, 0.2) is 59.3 Å². The van der Waals surface area contributed by atoms with Crippen LogP contribution in [-0.2, 0) is 6.54 Å². The van der Waals surface area contributed by atoms with Gasteiger partial charge in [-0.25, -0.2) is 4.79 Å². The molecule has 2 aromatic carbocycles. The SMILES string of the molecule is O=C(NCCn1cc(Br)cn1)Nc1cccc2ccccc12. The van der Waals surface area contributed by atoms with Crippen LogP contribution < -0.4 is 10.6 Å². The first-order valence-electron chi connectivity index (χ1n) is 6.93. The number of urea groups is 1. The maximum absolute atomic E-state index is 12.0. The van der Waals surface area contributed by atoms with Gasteiger partial charge in [0, 0.05) is 18.1 Å². The highest BCUT2D eigenvalue weighted by Gasteiger charge is 2.05. The summed E-state index contributed by atoms with van der Waals surface area (Å²) in [7, 11) is 0. The van der Waals surface area contributed by atoms with Crippen LogP contribution in [0.4, 0.5) is 10.5 Å². The van der Waals surface area contributed by atoms with E-state index in [1.165, 1.54) is 0 Å². The van der Waals surface area contributed by atoms with Crippen LogP contribution in [0.3, 0.4) is 0 Å². The minimum Gasteiger partial charge on any atom is -0.336 e. The lowest BCUT2D eigenvalue weighted by Crippen LogP contribution is -2.31. The van der Waals surface area contributed by atoms with Crippen molar-refractivity contribution in [2.75, 3.05) is 11.9 Å². The molecule has 0 aliphatic carbocycles. The van der Waals surface area contributed by atoms with Gasteiger partial charge in [-0.2, -0.15) is 5.10 Å². The number of hydrogen-bond acceptors (Lipinski definition) is 2. The molecule has 5 nitrogen and oxygen atoms in total. The van der Waals surface area contributed by atoms with E-state index in [2.05, 4.69) is 31.7 Å². The molecule has 3 rings (SSSR count). The molecule has 0 saturated carbocycles.